The van der Waals surface area contributed by atoms with Crippen LogP contribution < -0.4 is 5.32 Å². The number of nitrogens with zero attached hydrogens (tertiary/aromatic N) is 1. The second kappa shape index (κ2) is 7.96. The Hall–Kier alpha value is -1.65. The van der Waals surface area contributed by atoms with Crippen molar-refractivity contribution >= 4 is 17.6 Å². The molecule has 1 N–H and O–H groups in total. The Morgan fingerprint density at radius 3 is 2.48 bits per heavy atom. The SMILES string of the molecule is CC(=O)O/N=C(C(=O)NC(C)(C)C)\C1=C\CCCCCC1. The summed E-state index contributed by atoms with van der Waals surface area (Å²) in [5, 5.41) is 6.66. The lowest BCUT2D eigenvalue weighted by Crippen LogP contribution is -2.44. The number of allylic oxidation sites excluding steroid dienone is 1. The topological polar surface area (TPSA) is 67.8 Å². The molecule has 5 heteroatoms. The van der Waals surface area contributed by atoms with Crippen LogP contribution in [0.3, 0.4) is 0 Å². The highest BCUT2D eigenvalue weighted by molar-refractivity contribution is 6.45. The quantitative estimate of drug-likeness (QED) is 0.494. The average molecular weight is 294 g/mol. The molecule has 1 amide bonds. The Morgan fingerprint density at radius 1 is 1.19 bits per heavy atom. The fraction of sp³-hybridized carbons (Fsp3) is 0.688. The predicted octanol–water partition coefficient (Wildman–Crippen LogP) is 3.10. The van der Waals surface area contributed by atoms with Gasteiger partial charge in [-0.1, -0.05) is 24.1 Å². The number of carbonyl (C=O) groups excluding carboxylic acids is 2. The monoisotopic (exact) mass is 294 g/mol. The molecule has 118 valence electrons. The largest absolute Gasteiger partial charge is 0.346 e. The molecule has 0 saturated heterocycles. The molecule has 1 rings (SSSR count). The van der Waals surface area contributed by atoms with E-state index in [1.165, 1.54) is 13.3 Å². The maximum atomic E-state index is 12.4. The van der Waals surface area contributed by atoms with Crippen molar-refractivity contribution in [3.05, 3.63) is 11.6 Å². The molecule has 0 aromatic heterocycles. The minimum atomic E-state index is -0.525. The number of oxime groups is 1. The van der Waals surface area contributed by atoms with Gasteiger partial charge in [0, 0.05) is 12.5 Å². The molecule has 1 aliphatic rings. The maximum Gasteiger partial charge on any atom is 0.332 e. The first kappa shape index (κ1) is 17.4. The van der Waals surface area contributed by atoms with Gasteiger partial charge in [0.1, 0.15) is 0 Å². The summed E-state index contributed by atoms with van der Waals surface area (Å²) in [6.07, 6.45) is 8.27. The summed E-state index contributed by atoms with van der Waals surface area (Å²) in [5.74, 6) is -0.821. The van der Waals surface area contributed by atoms with Crippen molar-refractivity contribution in [1.82, 2.24) is 5.32 Å². The van der Waals surface area contributed by atoms with Crippen molar-refractivity contribution < 1.29 is 14.4 Å². The van der Waals surface area contributed by atoms with Crippen LogP contribution in [0, 0.1) is 0 Å². The Balaban J connectivity index is 2.97. The van der Waals surface area contributed by atoms with Gasteiger partial charge in [0.25, 0.3) is 5.91 Å². The summed E-state index contributed by atoms with van der Waals surface area (Å²) in [7, 11) is 0. The molecule has 0 radical (unpaired) electrons. The van der Waals surface area contributed by atoms with Crippen LogP contribution in [-0.2, 0) is 14.4 Å². The highest BCUT2D eigenvalue weighted by atomic mass is 16.7. The molecular weight excluding hydrogens is 268 g/mol. The second-order valence-electron chi connectivity index (χ2n) is 6.41. The summed E-state index contributed by atoms with van der Waals surface area (Å²) >= 11 is 0. The van der Waals surface area contributed by atoms with E-state index in [1.54, 1.807) is 0 Å². The van der Waals surface area contributed by atoms with Crippen molar-refractivity contribution in [2.75, 3.05) is 0 Å². The molecule has 21 heavy (non-hydrogen) atoms. The Kier molecular flexibility index (Phi) is 6.59. The Bertz CT molecular complexity index is 445. The Labute approximate surface area is 126 Å². The maximum absolute atomic E-state index is 12.4. The molecule has 0 saturated carbocycles. The van der Waals surface area contributed by atoms with Crippen LogP contribution in [0.1, 0.15) is 66.2 Å². The van der Waals surface area contributed by atoms with Gasteiger partial charge in [0.05, 0.1) is 0 Å². The van der Waals surface area contributed by atoms with Crippen molar-refractivity contribution in [3.63, 3.8) is 0 Å². The van der Waals surface area contributed by atoms with Crippen LogP contribution in [0.5, 0.6) is 0 Å². The molecule has 5 nitrogen and oxygen atoms in total. The minimum Gasteiger partial charge on any atom is -0.346 e. The zero-order valence-corrected chi connectivity index (χ0v) is 13.5. The smallest absolute Gasteiger partial charge is 0.332 e. The highest BCUT2D eigenvalue weighted by Gasteiger charge is 2.23. The standard InChI is InChI=1S/C16H26N2O3/c1-12(19)21-18-14(15(20)17-16(2,3)4)13-10-8-6-5-7-9-11-13/h10H,5-9,11H2,1-4H3,(H,17,20)/b13-10+,18-14+. The molecule has 0 aliphatic heterocycles. The summed E-state index contributed by atoms with van der Waals surface area (Å²) in [6.45, 7) is 6.98. The number of hydrogen-bond donors (Lipinski definition) is 1. The molecular formula is C16H26N2O3. The lowest BCUT2D eigenvalue weighted by molar-refractivity contribution is -0.140. The molecule has 0 fully saturated rings. The predicted molar refractivity (Wildman–Crippen MR) is 82.9 cm³/mol. The summed E-state index contributed by atoms with van der Waals surface area (Å²) in [6, 6.07) is 0. The summed E-state index contributed by atoms with van der Waals surface area (Å²) < 4.78 is 0. The van der Waals surface area contributed by atoms with E-state index in [-0.39, 0.29) is 17.2 Å². The van der Waals surface area contributed by atoms with Gasteiger partial charge in [-0.25, -0.2) is 4.79 Å². The van der Waals surface area contributed by atoms with Gasteiger partial charge in [0.15, 0.2) is 5.71 Å². The van der Waals surface area contributed by atoms with Gasteiger partial charge in [-0.3, -0.25) is 4.79 Å². The van der Waals surface area contributed by atoms with Crippen LogP contribution in [0.25, 0.3) is 0 Å². The first-order chi connectivity index (χ1) is 9.79. The van der Waals surface area contributed by atoms with Gasteiger partial charge in [-0.2, -0.15) is 0 Å². The van der Waals surface area contributed by atoms with Gasteiger partial charge in [-0.05, 0) is 52.0 Å². The van der Waals surface area contributed by atoms with E-state index >= 15 is 0 Å². The third-order valence-corrected chi connectivity index (χ3v) is 3.06. The second-order valence-corrected chi connectivity index (χ2v) is 6.41. The van der Waals surface area contributed by atoms with Crippen LogP contribution in [-0.4, -0.2) is 23.1 Å². The van der Waals surface area contributed by atoms with Gasteiger partial charge in [-0.15, -0.1) is 0 Å². The van der Waals surface area contributed by atoms with Crippen molar-refractivity contribution in [1.29, 1.82) is 0 Å². The van der Waals surface area contributed by atoms with E-state index in [0.29, 0.717) is 0 Å². The van der Waals surface area contributed by atoms with Crippen molar-refractivity contribution in [3.8, 4) is 0 Å². The normalized spacial score (nSPS) is 19.8. The molecule has 0 atom stereocenters. The zero-order chi connectivity index (χ0) is 15.9. The lowest BCUT2D eigenvalue weighted by Gasteiger charge is -2.22. The molecule has 1 aliphatic carbocycles. The molecule has 0 aromatic carbocycles. The van der Waals surface area contributed by atoms with E-state index in [9.17, 15) is 9.59 Å². The van der Waals surface area contributed by atoms with Crippen LogP contribution in [0.4, 0.5) is 0 Å². The van der Waals surface area contributed by atoms with Gasteiger partial charge >= 0.3 is 5.97 Å². The van der Waals surface area contributed by atoms with Crippen LogP contribution >= 0.6 is 0 Å². The van der Waals surface area contributed by atoms with E-state index in [1.807, 2.05) is 26.8 Å². The molecule has 0 aromatic rings. The van der Waals surface area contributed by atoms with E-state index in [2.05, 4.69) is 10.5 Å². The zero-order valence-electron chi connectivity index (χ0n) is 13.5. The number of nitrogens with one attached hydrogen (secondary N) is 1. The number of carbonyl (C=O) groups is 2. The molecule has 0 bridgehead atoms. The first-order valence-corrected chi connectivity index (χ1v) is 7.57. The third kappa shape index (κ3) is 7.06. The molecule has 0 heterocycles. The van der Waals surface area contributed by atoms with Crippen LogP contribution in [0.2, 0.25) is 0 Å². The van der Waals surface area contributed by atoms with E-state index in [0.717, 1.165) is 37.7 Å². The minimum absolute atomic E-state index is 0.224. The fourth-order valence-electron chi connectivity index (χ4n) is 2.16. The summed E-state index contributed by atoms with van der Waals surface area (Å²) in [4.78, 5) is 28.1. The van der Waals surface area contributed by atoms with Crippen molar-refractivity contribution in [2.45, 2.75) is 71.8 Å². The van der Waals surface area contributed by atoms with Crippen LogP contribution in [0.15, 0.2) is 16.8 Å². The van der Waals surface area contributed by atoms with Crippen molar-refractivity contribution in [2.24, 2.45) is 5.16 Å². The summed E-state index contributed by atoms with van der Waals surface area (Å²) in [5.41, 5.74) is 0.732. The van der Waals surface area contributed by atoms with E-state index < -0.39 is 5.97 Å². The van der Waals surface area contributed by atoms with E-state index in [4.69, 9.17) is 4.84 Å². The third-order valence-electron chi connectivity index (χ3n) is 3.06. The number of hydrogen-bond acceptors (Lipinski definition) is 4. The number of amides is 1. The van der Waals surface area contributed by atoms with Gasteiger partial charge in [0.2, 0.25) is 0 Å². The molecule has 0 spiro atoms. The number of rotatable bonds is 3. The highest BCUT2D eigenvalue weighted by Crippen LogP contribution is 2.19. The first-order valence-electron chi connectivity index (χ1n) is 7.57. The lowest BCUT2D eigenvalue weighted by atomic mass is 9.96. The molecule has 0 unspecified atom stereocenters. The fourth-order valence-corrected chi connectivity index (χ4v) is 2.16. The Morgan fingerprint density at radius 2 is 1.86 bits per heavy atom. The average Bonchev–Trinajstić information content (AvgIpc) is 2.28. The van der Waals surface area contributed by atoms with Gasteiger partial charge < -0.3 is 10.2 Å².